The first-order chi connectivity index (χ1) is 11.2. The van der Waals surface area contributed by atoms with E-state index in [4.69, 9.17) is 0 Å². The van der Waals surface area contributed by atoms with Gasteiger partial charge in [0.2, 0.25) is 0 Å². The fraction of sp³-hybridized carbons (Fsp3) is 0.0625. The SMILES string of the molecule is O=C(NCc1cn2cc(F)ccc2n1)c1cccc2[nH]ncc12. The maximum Gasteiger partial charge on any atom is 0.252 e. The molecule has 4 rings (SSSR count). The third kappa shape index (κ3) is 2.42. The molecule has 1 amide bonds. The molecule has 0 saturated carbocycles. The number of rotatable bonds is 3. The fourth-order valence-corrected chi connectivity index (χ4v) is 2.53. The second-order valence-electron chi connectivity index (χ2n) is 5.16. The average molecular weight is 309 g/mol. The first kappa shape index (κ1) is 13.4. The van der Waals surface area contributed by atoms with Gasteiger partial charge in [0.25, 0.3) is 5.91 Å². The lowest BCUT2D eigenvalue weighted by Gasteiger charge is -2.04. The maximum absolute atomic E-state index is 13.2. The Labute approximate surface area is 130 Å². The summed E-state index contributed by atoms with van der Waals surface area (Å²) < 4.78 is 14.8. The number of hydrogen-bond donors (Lipinski definition) is 2. The number of imidazole rings is 1. The molecular weight excluding hydrogens is 297 g/mol. The lowest BCUT2D eigenvalue weighted by atomic mass is 10.1. The number of aromatic nitrogens is 4. The minimum atomic E-state index is -0.336. The highest BCUT2D eigenvalue weighted by Crippen LogP contribution is 2.16. The molecule has 3 aromatic heterocycles. The second kappa shape index (κ2) is 5.20. The van der Waals surface area contributed by atoms with Crippen molar-refractivity contribution in [3.8, 4) is 0 Å². The molecule has 0 fully saturated rings. The molecule has 23 heavy (non-hydrogen) atoms. The van der Waals surface area contributed by atoms with Crippen molar-refractivity contribution in [2.45, 2.75) is 6.54 Å². The van der Waals surface area contributed by atoms with Crippen LogP contribution in [0.15, 0.2) is 48.9 Å². The van der Waals surface area contributed by atoms with Crippen LogP contribution in [0.1, 0.15) is 16.1 Å². The molecule has 2 N–H and O–H groups in total. The summed E-state index contributed by atoms with van der Waals surface area (Å²) in [4.78, 5) is 16.7. The van der Waals surface area contributed by atoms with Crippen molar-refractivity contribution in [3.63, 3.8) is 0 Å². The third-order valence-corrected chi connectivity index (χ3v) is 3.62. The maximum atomic E-state index is 13.2. The number of amides is 1. The van der Waals surface area contributed by atoms with Gasteiger partial charge in [-0.25, -0.2) is 9.37 Å². The first-order valence-corrected chi connectivity index (χ1v) is 7.04. The van der Waals surface area contributed by atoms with Crippen molar-refractivity contribution >= 4 is 22.5 Å². The van der Waals surface area contributed by atoms with Gasteiger partial charge >= 0.3 is 0 Å². The Balaban J connectivity index is 1.55. The number of halogens is 1. The molecule has 0 unspecified atom stereocenters. The highest BCUT2D eigenvalue weighted by atomic mass is 19.1. The van der Waals surface area contributed by atoms with E-state index in [1.54, 1.807) is 35.0 Å². The zero-order chi connectivity index (χ0) is 15.8. The monoisotopic (exact) mass is 309 g/mol. The summed E-state index contributed by atoms with van der Waals surface area (Å²) in [5.74, 6) is -0.544. The van der Waals surface area contributed by atoms with Gasteiger partial charge in [-0.1, -0.05) is 6.07 Å². The Hall–Kier alpha value is -3.22. The van der Waals surface area contributed by atoms with E-state index < -0.39 is 0 Å². The summed E-state index contributed by atoms with van der Waals surface area (Å²) in [7, 11) is 0. The largest absolute Gasteiger partial charge is 0.346 e. The summed E-state index contributed by atoms with van der Waals surface area (Å²) in [6, 6.07) is 8.34. The van der Waals surface area contributed by atoms with E-state index in [1.807, 2.05) is 6.07 Å². The van der Waals surface area contributed by atoms with E-state index in [1.165, 1.54) is 12.3 Å². The van der Waals surface area contributed by atoms with Gasteiger partial charge in [-0.3, -0.25) is 9.89 Å². The van der Waals surface area contributed by atoms with E-state index in [0.717, 1.165) is 10.9 Å². The van der Waals surface area contributed by atoms with Crippen LogP contribution in [0.2, 0.25) is 0 Å². The van der Waals surface area contributed by atoms with Crippen LogP contribution in [0.3, 0.4) is 0 Å². The molecule has 7 heteroatoms. The smallest absolute Gasteiger partial charge is 0.252 e. The quantitative estimate of drug-likeness (QED) is 0.609. The van der Waals surface area contributed by atoms with Crippen LogP contribution < -0.4 is 5.32 Å². The number of H-pyrrole nitrogens is 1. The summed E-state index contributed by atoms with van der Waals surface area (Å²) in [6.07, 6.45) is 4.66. The van der Waals surface area contributed by atoms with Crippen LogP contribution in [-0.4, -0.2) is 25.5 Å². The molecule has 1 aromatic carbocycles. The lowest BCUT2D eigenvalue weighted by molar-refractivity contribution is 0.0952. The summed E-state index contributed by atoms with van der Waals surface area (Å²) in [5, 5.41) is 10.4. The zero-order valence-electron chi connectivity index (χ0n) is 12.0. The fourth-order valence-electron chi connectivity index (χ4n) is 2.53. The van der Waals surface area contributed by atoms with Gasteiger partial charge in [-0.15, -0.1) is 0 Å². The van der Waals surface area contributed by atoms with Crippen LogP contribution in [0, 0.1) is 5.82 Å². The molecule has 114 valence electrons. The predicted molar refractivity (Wildman–Crippen MR) is 82.4 cm³/mol. The topological polar surface area (TPSA) is 75.1 Å². The summed E-state index contributed by atoms with van der Waals surface area (Å²) in [6.45, 7) is 0.260. The molecule has 0 bridgehead atoms. The molecule has 3 heterocycles. The Bertz CT molecular complexity index is 1020. The van der Waals surface area contributed by atoms with Gasteiger partial charge in [0.05, 0.1) is 29.5 Å². The standard InChI is InChI=1S/C16H12FN5O/c17-10-4-5-15-20-11(9-22(15)8-10)6-18-16(23)12-2-1-3-14-13(12)7-19-21-14/h1-5,7-9H,6H2,(H,18,23)(H,19,21). The zero-order valence-corrected chi connectivity index (χ0v) is 12.0. The highest BCUT2D eigenvalue weighted by molar-refractivity contribution is 6.05. The predicted octanol–water partition coefficient (Wildman–Crippen LogP) is 2.28. The number of carbonyl (C=O) groups is 1. The van der Waals surface area contributed by atoms with Gasteiger partial charge in [0.15, 0.2) is 0 Å². The number of aromatic amines is 1. The minimum Gasteiger partial charge on any atom is -0.346 e. The minimum absolute atomic E-state index is 0.208. The van der Waals surface area contributed by atoms with E-state index in [-0.39, 0.29) is 18.3 Å². The van der Waals surface area contributed by atoms with Crippen LogP contribution in [-0.2, 0) is 6.54 Å². The van der Waals surface area contributed by atoms with Crippen molar-refractivity contribution in [2.24, 2.45) is 0 Å². The Kier molecular flexibility index (Phi) is 3.04. The number of pyridine rings is 1. The molecule has 0 aliphatic carbocycles. The van der Waals surface area contributed by atoms with E-state index >= 15 is 0 Å². The van der Waals surface area contributed by atoms with Gasteiger partial charge in [0, 0.05) is 17.8 Å². The molecule has 0 radical (unpaired) electrons. The van der Waals surface area contributed by atoms with Crippen LogP contribution in [0.5, 0.6) is 0 Å². The number of hydrogen-bond acceptors (Lipinski definition) is 3. The van der Waals surface area contributed by atoms with Crippen molar-refractivity contribution in [2.75, 3.05) is 0 Å². The van der Waals surface area contributed by atoms with Gasteiger partial charge < -0.3 is 9.72 Å². The van der Waals surface area contributed by atoms with Crippen molar-refractivity contribution in [1.29, 1.82) is 0 Å². The Morgan fingerprint density at radius 2 is 2.17 bits per heavy atom. The van der Waals surface area contributed by atoms with E-state index in [2.05, 4.69) is 20.5 Å². The van der Waals surface area contributed by atoms with Gasteiger partial charge in [-0.05, 0) is 24.3 Å². The van der Waals surface area contributed by atoms with Crippen molar-refractivity contribution in [3.05, 3.63) is 66.0 Å². The first-order valence-electron chi connectivity index (χ1n) is 7.04. The highest BCUT2D eigenvalue weighted by Gasteiger charge is 2.11. The number of nitrogens with zero attached hydrogens (tertiary/aromatic N) is 3. The normalized spacial score (nSPS) is 11.2. The number of carbonyl (C=O) groups excluding carboxylic acids is 1. The molecule has 0 spiro atoms. The average Bonchev–Trinajstić information content (AvgIpc) is 3.17. The molecule has 6 nitrogen and oxygen atoms in total. The molecule has 4 aromatic rings. The van der Waals surface area contributed by atoms with E-state index in [0.29, 0.717) is 16.9 Å². The second-order valence-corrected chi connectivity index (χ2v) is 5.16. The van der Waals surface area contributed by atoms with Gasteiger partial charge in [0.1, 0.15) is 11.5 Å². The van der Waals surface area contributed by atoms with Gasteiger partial charge in [-0.2, -0.15) is 5.10 Å². The van der Waals surface area contributed by atoms with Crippen molar-refractivity contribution in [1.82, 2.24) is 24.9 Å². The Morgan fingerprint density at radius 3 is 3.09 bits per heavy atom. The number of benzene rings is 1. The molecule has 0 saturated heterocycles. The third-order valence-electron chi connectivity index (χ3n) is 3.62. The molecular formula is C16H12FN5O. The lowest BCUT2D eigenvalue weighted by Crippen LogP contribution is -2.23. The Morgan fingerprint density at radius 1 is 1.26 bits per heavy atom. The number of nitrogens with one attached hydrogen (secondary N) is 2. The molecule has 0 aliphatic rings. The van der Waals surface area contributed by atoms with Crippen molar-refractivity contribution < 1.29 is 9.18 Å². The van der Waals surface area contributed by atoms with Crippen LogP contribution in [0.4, 0.5) is 4.39 Å². The van der Waals surface area contributed by atoms with E-state index in [9.17, 15) is 9.18 Å². The summed E-state index contributed by atoms with van der Waals surface area (Å²) in [5.41, 5.74) is 2.64. The van der Waals surface area contributed by atoms with Crippen LogP contribution >= 0.6 is 0 Å². The summed E-state index contributed by atoms with van der Waals surface area (Å²) >= 11 is 0. The molecule has 0 aliphatic heterocycles. The van der Waals surface area contributed by atoms with Crippen LogP contribution in [0.25, 0.3) is 16.6 Å². The molecule has 0 atom stereocenters. The number of fused-ring (bicyclic) bond motifs is 2.